The number of carbonyl (C=O) groups is 2. The largest absolute Gasteiger partial charge is 0.469 e. The van der Waals surface area contributed by atoms with Crippen molar-refractivity contribution in [2.24, 2.45) is 0 Å². The summed E-state index contributed by atoms with van der Waals surface area (Å²) >= 11 is 0. The summed E-state index contributed by atoms with van der Waals surface area (Å²) in [6.07, 6.45) is 11.5. The van der Waals surface area contributed by atoms with E-state index in [4.69, 9.17) is 9.47 Å². The van der Waals surface area contributed by atoms with E-state index < -0.39 is 11.5 Å². The van der Waals surface area contributed by atoms with Crippen molar-refractivity contribution >= 4 is 11.9 Å². The summed E-state index contributed by atoms with van der Waals surface area (Å²) in [5.41, 5.74) is 0.151. The summed E-state index contributed by atoms with van der Waals surface area (Å²) in [7, 11) is 1.37. The number of benzene rings is 1. The number of ether oxygens (including phenoxy) is 2. The first-order chi connectivity index (χ1) is 13.9. The molecule has 4 nitrogen and oxygen atoms in total. The second kappa shape index (κ2) is 14.2. The summed E-state index contributed by atoms with van der Waals surface area (Å²) in [5.74, 6) is -0.634. The molecule has 1 atom stereocenters. The molecular formula is C25H40O4. The SMILES string of the molecule is CCCCCCCCCCC[C@H](CC(=O)OC)OC(=O)C(C)(C)c1ccccc1. The lowest BCUT2D eigenvalue weighted by Crippen LogP contribution is -2.35. The van der Waals surface area contributed by atoms with Crippen molar-refractivity contribution in [2.45, 2.75) is 103 Å². The zero-order chi connectivity index (χ0) is 21.5. The second-order valence-corrected chi connectivity index (χ2v) is 8.42. The minimum Gasteiger partial charge on any atom is -0.469 e. The first kappa shape index (κ1) is 25.2. The van der Waals surface area contributed by atoms with Crippen LogP contribution in [0.15, 0.2) is 30.3 Å². The molecule has 0 aliphatic heterocycles. The van der Waals surface area contributed by atoms with Crippen LogP contribution in [0.5, 0.6) is 0 Å². The van der Waals surface area contributed by atoms with Gasteiger partial charge in [-0.1, -0.05) is 88.6 Å². The molecule has 0 aliphatic carbocycles. The van der Waals surface area contributed by atoms with Crippen molar-refractivity contribution in [3.8, 4) is 0 Å². The number of carbonyl (C=O) groups excluding carboxylic acids is 2. The van der Waals surface area contributed by atoms with Crippen LogP contribution in [0.4, 0.5) is 0 Å². The standard InChI is InChI=1S/C25H40O4/c1-5-6-7-8-9-10-11-12-16-19-22(20-23(26)28-4)29-24(27)25(2,3)21-17-14-13-15-18-21/h13-15,17-18,22H,5-12,16,19-20H2,1-4H3/t22-/m1/s1. The van der Waals surface area contributed by atoms with Gasteiger partial charge in [0.15, 0.2) is 0 Å². The van der Waals surface area contributed by atoms with E-state index in [2.05, 4.69) is 6.92 Å². The summed E-state index contributed by atoms with van der Waals surface area (Å²) < 4.78 is 10.6. The van der Waals surface area contributed by atoms with Crippen LogP contribution in [0.3, 0.4) is 0 Å². The fourth-order valence-electron chi connectivity index (χ4n) is 3.43. The van der Waals surface area contributed by atoms with Crippen LogP contribution in [-0.4, -0.2) is 25.2 Å². The van der Waals surface area contributed by atoms with Crippen LogP contribution in [0.1, 0.15) is 97.0 Å². The lowest BCUT2D eigenvalue weighted by molar-refractivity contribution is -0.159. The molecule has 1 aromatic carbocycles. The van der Waals surface area contributed by atoms with Crippen molar-refractivity contribution in [1.82, 2.24) is 0 Å². The smallest absolute Gasteiger partial charge is 0.316 e. The zero-order valence-electron chi connectivity index (χ0n) is 18.9. The van der Waals surface area contributed by atoms with Crippen molar-refractivity contribution in [3.05, 3.63) is 35.9 Å². The highest BCUT2D eigenvalue weighted by Gasteiger charge is 2.33. The lowest BCUT2D eigenvalue weighted by Gasteiger charge is -2.26. The third kappa shape index (κ3) is 9.96. The molecule has 0 aromatic heterocycles. The molecule has 0 radical (unpaired) electrons. The van der Waals surface area contributed by atoms with Crippen LogP contribution in [0.25, 0.3) is 0 Å². The summed E-state index contributed by atoms with van der Waals surface area (Å²) in [6, 6.07) is 9.61. The van der Waals surface area contributed by atoms with E-state index >= 15 is 0 Å². The fraction of sp³-hybridized carbons (Fsp3) is 0.680. The zero-order valence-corrected chi connectivity index (χ0v) is 18.9. The van der Waals surface area contributed by atoms with Crippen LogP contribution in [-0.2, 0) is 24.5 Å². The molecule has 1 rings (SSSR count). The Bertz CT molecular complexity index is 580. The Kier molecular flexibility index (Phi) is 12.3. The minimum atomic E-state index is -0.756. The third-order valence-corrected chi connectivity index (χ3v) is 5.53. The van der Waals surface area contributed by atoms with Crippen molar-refractivity contribution in [1.29, 1.82) is 0 Å². The maximum Gasteiger partial charge on any atom is 0.316 e. The van der Waals surface area contributed by atoms with Gasteiger partial charge >= 0.3 is 11.9 Å². The quantitative estimate of drug-likeness (QED) is 0.252. The maximum atomic E-state index is 12.8. The molecule has 0 heterocycles. The third-order valence-electron chi connectivity index (χ3n) is 5.53. The van der Waals surface area contributed by atoms with Crippen LogP contribution >= 0.6 is 0 Å². The molecule has 0 unspecified atom stereocenters. The van der Waals surface area contributed by atoms with Gasteiger partial charge in [0.05, 0.1) is 18.9 Å². The lowest BCUT2D eigenvalue weighted by atomic mass is 9.85. The molecule has 0 saturated carbocycles. The Morgan fingerprint density at radius 3 is 2.00 bits per heavy atom. The van der Waals surface area contributed by atoms with E-state index in [1.54, 1.807) is 0 Å². The van der Waals surface area contributed by atoms with E-state index in [0.717, 1.165) is 18.4 Å². The summed E-state index contributed by atoms with van der Waals surface area (Å²) in [6.45, 7) is 5.95. The maximum absolute atomic E-state index is 12.8. The highest BCUT2D eigenvalue weighted by atomic mass is 16.6. The number of hydrogen-bond acceptors (Lipinski definition) is 4. The number of esters is 2. The Balaban J connectivity index is 2.47. The predicted octanol–water partition coefficient (Wildman–Crippen LogP) is 6.36. The molecule has 0 saturated heterocycles. The van der Waals surface area contributed by atoms with Gasteiger partial charge < -0.3 is 9.47 Å². The normalized spacial score (nSPS) is 12.4. The van der Waals surface area contributed by atoms with E-state index in [9.17, 15) is 9.59 Å². The van der Waals surface area contributed by atoms with Crippen LogP contribution in [0.2, 0.25) is 0 Å². The Morgan fingerprint density at radius 2 is 1.45 bits per heavy atom. The van der Waals surface area contributed by atoms with Crippen LogP contribution < -0.4 is 0 Å². The van der Waals surface area contributed by atoms with Gasteiger partial charge in [-0.2, -0.15) is 0 Å². The number of rotatable bonds is 15. The molecule has 0 fully saturated rings. The highest BCUT2D eigenvalue weighted by Crippen LogP contribution is 2.26. The molecule has 0 N–H and O–H groups in total. The predicted molar refractivity (Wildman–Crippen MR) is 118 cm³/mol. The molecule has 0 bridgehead atoms. The monoisotopic (exact) mass is 404 g/mol. The molecule has 29 heavy (non-hydrogen) atoms. The van der Waals surface area contributed by atoms with Crippen molar-refractivity contribution < 1.29 is 19.1 Å². The Morgan fingerprint density at radius 1 is 0.897 bits per heavy atom. The first-order valence-corrected chi connectivity index (χ1v) is 11.2. The van der Waals surface area contributed by atoms with Crippen LogP contribution in [0, 0.1) is 0 Å². The van der Waals surface area contributed by atoms with E-state index in [-0.39, 0.29) is 18.4 Å². The topological polar surface area (TPSA) is 52.6 Å². The molecule has 1 aromatic rings. The van der Waals surface area contributed by atoms with E-state index in [1.165, 1.54) is 52.1 Å². The van der Waals surface area contributed by atoms with E-state index in [1.807, 2.05) is 44.2 Å². The molecule has 4 heteroatoms. The first-order valence-electron chi connectivity index (χ1n) is 11.2. The molecular weight excluding hydrogens is 364 g/mol. The average molecular weight is 405 g/mol. The van der Waals surface area contributed by atoms with Gasteiger partial charge in [0.1, 0.15) is 6.10 Å². The number of hydrogen-bond donors (Lipinski definition) is 0. The second-order valence-electron chi connectivity index (χ2n) is 8.42. The molecule has 164 valence electrons. The Hall–Kier alpha value is -1.84. The fourth-order valence-corrected chi connectivity index (χ4v) is 3.43. The minimum absolute atomic E-state index is 0.115. The van der Waals surface area contributed by atoms with Gasteiger partial charge in [0.25, 0.3) is 0 Å². The summed E-state index contributed by atoms with van der Waals surface area (Å²) in [4.78, 5) is 24.6. The molecule has 0 spiro atoms. The van der Waals surface area contributed by atoms with E-state index in [0.29, 0.717) is 6.42 Å². The van der Waals surface area contributed by atoms with Gasteiger partial charge in [-0.05, 0) is 32.3 Å². The van der Waals surface area contributed by atoms with Gasteiger partial charge in [0, 0.05) is 0 Å². The highest BCUT2D eigenvalue weighted by molar-refractivity contribution is 5.82. The molecule has 0 amide bonds. The number of unbranched alkanes of at least 4 members (excludes halogenated alkanes) is 8. The van der Waals surface area contributed by atoms with Gasteiger partial charge in [-0.15, -0.1) is 0 Å². The summed E-state index contributed by atoms with van der Waals surface area (Å²) in [5, 5.41) is 0. The number of methoxy groups -OCH3 is 1. The van der Waals surface area contributed by atoms with Gasteiger partial charge in [-0.3, -0.25) is 9.59 Å². The molecule has 0 aliphatic rings. The van der Waals surface area contributed by atoms with Crippen molar-refractivity contribution in [3.63, 3.8) is 0 Å². The average Bonchev–Trinajstić information content (AvgIpc) is 2.72. The van der Waals surface area contributed by atoms with Gasteiger partial charge in [-0.25, -0.2) is 0 Å². The van der Waals surface area contributed by atoms with Crippen molar-refractivity contribution in [2.75, 3.05) is 7.11 Å². The Labute approximate surface area is 177 Å². The van der Waals surface area contributed by atoms with Gasteiger partial charge in [0.2, 0.25) is 0 Å².